The van der Waals surface area contributed by atoms with Crippen LogP contribution in [-0.2, 0) is 21.1 Å². The van der Waals surface area contributed by atoms with E-state index in [-0.39, 0.29) is 19.1 Å². The van der Waals surface area contributed by atoms with Gasteiger partial charge in [-0.05, 0) is 24.5 Å². The summed E-state index contributed by atoms with van der Waals surface area (Å²) in [5.41, 5.74) is 3.95. The Labute approximate surface area is 207 Å². The molecule has 2 saturated heterocycles. The molecule has 12 heteroatoms. The molecule has 0 radical (unpaired) electrons. The Morgan fingerprint density at radius 1 is 1.06 bits per heavy atom. The Morgan fingerprint density at radius 3 is 2.39 bits per heavy atom. The largest absolute Gasteiger partial charge is 0.449 e. The van der Waals surface area contributed by atoms with E-state index in [9.17, 15) is 22.8 Å². The zero-order valence-electron chi connectivity index (χ0n) is 19.8. The van der Waals surface area contributed by atoms with Gasteiger partial charge in [0.1, 0.15) is 12.4 Å². The number of alkyl halides is 3. The molecule has 36 heavy (non-hydrogen) atoms. The average Bonchev–Trinajstić information content (AvgIpc) is 2.88. The molecule has 2 N–H and O–H groups in total. The van der Waals surface area contributed by atoms with E-state index in [0.29, 0.717) is 44.6 Å². The lowest BCUT2D eigenvalue weighted by Crippen LogP contribution is -2.53. The summed E-state index contributed by atoms with van der Waals surface area (Å²) < 4.78 is 45.0. The summed E-state index contributed by atoms with van der Waals surface area (Å²) in [6, 6.07) is 5.06. The number of benzene rings is 1. The predicted octanol–water partition coefficient (Wildman–Crippen LogP) is 2.27. The summed E-state index contributed by atoms with van der Waals surface area (Å²) in [6.07, 6.45) is 0.221. The third kappa shape index (κ3) is 6.04. The minimum Gasteiger partial charge on any atom is -0.449 e. The monoisotopic (exact) mass is 506 g/mol. The second-order valence-electron chi connectivity index (χ2n) is 9.17. The van der Waals surface area contributed by atoms with Crippen molar-refractivity contribution in [3.63, 3.8) is 0 Å². The van der Waals surface area contributed by atoms with Crippen molar-refractivity contribution in [2.75, 3.05) is 57.3 Å². The number of nitrogens with two attached hydrogens (primary N) is 1. The van der Waals surface area contributed by atoms with Gasteiger partial charge in [-0.3, -0.25) is 14.7 Å². The molecular weight excluding hydrogens is 477 g/mol. The number of piperazine rings is 1. The van der Waals surface area contributed by atoms with Crippen molar-refractivity contribution in [2.45, 2.75) is 24.4 Å². The molecule has 1 aromatic heterocycles. The number of nitrogens with zero attached hydrogens (tertiary/aromatic N) is 5. The molecule has 9 nitrogen and oxygen atoms in total. The van der Waals surface area contributed by atoms with E-state index in [1.165, 1.54) is 6.07 Å². The van der Waals surface area contributed by atoms with Crippen LogP contribution in [0.15, 0.2) is 42.9 Å². The highest BCUT2D eigenvalue weighted by molar-refractivity contribution is 5.78. The highest BCUT2D eigenvalue weighted by Gasteiger charge is 2.40. The minimum absolute atomic E-state index is 0.0311. The molecule has 2 fully saturated rings. The average molecular weight is 507 g/mol. The molecule has 0 aliphatic carbocycles. The zero-order chi connectivity index (χ0) is 25.8. The topological polar surface area (TPSA) is 105 Å². The van der Waals surface area contributed by atoms with Gasteiger partial charge in [-0.25, -0.2) is 9.78 Å². The third-order valence-corrected chi connectivity index (χ3v) is 6.97. The second kappa shape index (κ2) is 10.7. The van der Waals surface area contributed by atoms with E-state index < -0.39 is 23.2 Å². The van der Waals surface area contributed by atoms with E-state index in [1.807, 2.05) is 0 Å². The van der Waals surface area contributed by atoms with Crippen LogP contribution in [0.5, 0.6) is 0 Å². The number of primary amides is 1. The molecule has 194 valence electrons. The first-order valence-electron chi connectivity index (χ1n) is 11.8. The number of hydrogen-bond donors (Lipinski definition) is 1. The maximum atomic E-state index is 13.3. The van der Waals surface area contributed by atoms with Crippen LogP contribution in [0.25, 0.3) is 0 Å². The number of aromatic nitrogens is 2. The molecule has 2 amide bonds. The molecule has 0 atom stereocenters. The van der Waals surface area contributed by atoms with Gasteiger partial charge in [-0.15, -0.1) is 0 Å². The van der Waals surface area contributed by atoms with Crippen LogP contribution in [0.3, 0.4) is 0 Å². The zero-order valence-corrected chi connectivity index (χ0v) is 19.8. The van der Waals surface area contributed by atoms with Crippen molar-refractivity contribution in [3.8, 4) is 0 Å². The maximum Gasteiger partial charge on any atom is 0.416 e. The highest BCUT2D eigenvalue weighted by Crippen LogP contribution is 2.39. The fraction of sp³-hybridized carbons (Fsp3) is 0.500. The number of amides is 2. The number of anilines is 1. The van der Waals surface area contributed by atoms with Gasteiger partial charge in [0.05, 0.1) is 18.3 Å². The predicted molar refractivity (Wildman–Crippen MR) is 125 cm³/mol. The lowest BCUT2D eigenvalue weighted by molar-refractivity contribution is -0.137. The van der Waals surface area contributed by atoms with Crippen molar-refractivity contribution in [1.82, 2.24) is 19.8 Å². The highest BCUT2D eigenvalue weighted by atomic mass is 19.4. The van der Waals surface area contributed by atoms with Crippen molar-refractivity contribution in [2.24, 2.45) is 5.73 Å². The Kier molecular flexibility index (Phi) is 7.62. The molecule has 0 unspecified atom stereocenters. The number of halogens is 3. The molecule has 0 bridgehead atoms. The van der Waals surface area contributed by atoms with Crippen LogP contribution < -0.4 is 10.6 Å². The van der Waals surface area contributed by atoms with Gasteiger partial charge in [0, 0.05) is 57.1 Å². The number of likely N-dealkylation sites (tertiary alicyclic amines) is 1. The van der Waals surface area contributed by atoms with E-state index in [4.69, 9.17) is 10.5 Å². The first kappa shape index (κ1) is 25.7. The summed E-state index contributed by atoms with van der Waals surface area (Å²) in [5, 5.41) is 0. The molecule has 4 rings (SSSR count). The third-order valence-electron chi connectivity index (χ3n) is 6.97. The van der Waals surface area contributed by atoms with E-state index in [1.54, 1.807) is 29.6 Å². The SMILES string of the molecule is NC(=O)OCC1(c2cccc(C(F)(F)F)c2)CCN(C(=O)CN2CCN(c3cnccn3)CC2)CC1. The Bertz CT molecular complexity index is 1050. The van der Waals surface area contributed by atoms with Crippen molar-refractivity contribution >= 4 is 17.8 Å². The smallest absolute Gasteiger partial charge is 0.416 e. The molecule has 2 aliphatic heterocycles. The number of ether oxygens (including phenoxy) is 1. The Balaban J connectivity index is 1.37. The molecule has 0 saturated carbocycles. The summed E-state index contributed by atoms with van der Waals surface area (Å²) in [4.78, 5) is 38.6. The van der Waals surface area contributed by atoms with E-state index in [2.05, 4.69) is 19.8 Å². The van der Waals surface area contributed by atoms with Crippen LogP contribution >= 0.6 is 0 Å². The number of hydrogen-bond acceptors (Lipinski definition) is 7. The van der Waals surface area contributed by atoms with Gasteiger partial charge in [0.15, 0.2) is 0 Å². The molecule has 2 aromatic rings. The summed E-state index contributed by atoms with van der Waals surface area (Å²) in [7, 11) is 0. The number of carbonyl (C=O) groups excluding carboxylic acids is 2. The van der Waals surface area contributed by atoms with Gasteiger partial charge < -0.3 is 20.3 Å². The summed E-state index contributed by atoms with van der Waals surface area (Å²) in [5.74, 6) is 0.778. The molecule has 2 aliphatic rings. The lowest BCUT2D eigenvalue weighted by atomic mass is 9.73. The fourth-order valence-electron chi connectivity index (χ4n) is 4.82. The standard InChI is InChI=1S/C24H29F3N6O3/c25-24(26,27)19-3-1-2-18(14-19)23(17-36-22(28)35)4-8-33(9-5-23)21(34)16-31-10-12-32(13-11-31)20-15-29-6-7-30-20/h1-3,6-7,14-15H,4-5,8-13,16-17H2,(H2,28,35). The quantitative estimate of drug-likeness (QED) is 0.641. The molecule has 1 aromatic carbocycles. The van der Waals surface area contributed by atoms with Crippen LogP contribution in [0.2, 0.25) is 0 Å². The number of rotatable bonds is 6. The van der Waals surface area contributed by atoms with Crippen molar-refractivity contribution < 1.29 is 27.5 Å². The first-order chi connectivity index (χ1) is 17.2. The minimum atomic E-state index is -4.49. The van der Waals surface area contributed by atoms with Crippen LogP contribution in [0.4, 0.5) is 23.8 Å². The van der Waals surface area contributed by atoms with E-state index >= 15 is 0 Å². The molecule has 0 spiro atoms. The second-order valence-corrected chi connectivity index (χ2v) is 9.17. The van der Waals surface area contributed by atoms with E-state index in [0.717, 1.165) is 31.0 Å². The van der Waals surface area contributed by atoms with Gasteiger partial charge >= 0.3 is 12.3 Å². The van der Waals surface area contributed by atoms with Crippen molar-refractivity contribution in [1.29, 1.82) is 0 Å². The lowest BCUT2D eigenvalue weighted by Gasteiger charge is -2.42. The van der Waals surface area contributed by atoms with Gasteiger partial charge in [0.2, 0.25) is 5.91 Å². The van der Waals surface area contributed by atoms with Gasteiger partial charge in [-0.2, -0.15) is 13.2 Å². The molecular formula is C24H29F3N6O3. The van der Waals surface area contributed by atoms with Gasteiger partial charge in [0.25, 0.3) is 0 Å². The van der Waals surface area contributed by atoms with Crippen LogP contribution in [0.1, 0.15) is 24.0 Å². The Hall–Kier alpha value is -3.41. The summed E-state index contributed by atoms with van der Waals surface area (Å²) in [6.45, 7) is 3.68. The van der Waals surface area contributed by atoms with Crippen LogP contribution in [0, 0.1) is 0 Å². The number of carbonyl (C=O) groups is 2. The first-order valence-corrected chi connectivity index (χ1v) is 11.8. The van der Waals surface area contributed by atoms with Gasteiger partial charge in [-0.1, -0.05) is 18.2 Å². The summed E-state index contributed by atoms with van der Waals surface area (Å²) >= 11 is 0. The Morgan fingerprint density at radius 2 is 1.78 bits per heavy atom. The van der Waals surface area contributed by atoms with Crippen molar-refractivity contribution in [3.05, 3.63) is 54.0 Å². The normalized spacial score (nSPS) is 18.6. The number of piperidine rings is 1. The molecule has 3 heterocycles. The maximum absolute atomic E-state index is 13.3. The fourth-order valence-corrected chi connectivity index (χ4v) is 4.82. The van der Waals surface area contributed by atoms with Crippen LogP contribution in [-0.4, -0.2) is 84.2 Å².